The Morgan fingerprint density at radius 3 is 2.25 bits per heavy atom. The Balaban J connectivity index is 3.41. The Labute approximate surface area is 70.6 Å². The van der Waals surface area contributed by atoms with Crippen LogP contribution in [-0.2, 0) is 0 Å². The molecule has 0 saturated carbocycles. The molecule has 4 heteroatoms. The Morgan fingerprint density at radius 2 is 1.92 bits per heavy atom. The van der Waals surface area contributed by atoms with E-state index in [1.54, 1.807) is 0 Å². The average Bonchev–Trinajstić information content (AvgIpc) is 1.96. The van der Waals surface area contributed by atoms with E-state index in [1.807, 2.05) is 6.92 Å². The summed E-state index contributed by atoms with van der Waals surface area (Å²) in [5.74, 6) is 0.0346. The zero-order chi connectivity index (χ0) is 9.61. The molecule has 0 spiro atoms. The molecule has 0 radical (unpaired) electrons. The Kier molecular flexibility index (Phi) is 5.29. The van der Waals surface area contributed by atoms with Crippen LogP contribution in [0, 0.1) is 5.92 Å². The molecule has 0 aromatic rings. The lowest BCUT2D eigenvalue weighted by Crippen LogP contribution is -2.10. The number of aliphatic hydroxyl groups is 1. The standard InChI is InChI=1S/C8H15F3O/c1-2-7(6-12)4-3-5-8(9,10)11/h7,12H,2-6H2,1H3. The number of hydrogen-bond donors (Lipinski definition) is 1. The summed E-state index contributed by atoms with van der Waals surface area (Å²) in [6, 6.07) is 0. The van der Waals surface area contributed by atoms with Crippen molar-refractivity contribution in [2.45, 2.75) is 38.8 Å². The van der Waals surface area contributed by atoms with E-state index in [0.717, 1.165) is 6.42 Å². The largest absolute Gasteiger partial charge is 0.396 e. The molecule has 1 N–H and O–H groups in total. The highest BCUT2D eigenvalue weighted by molar-refractivity contribution is 4.58. The van der Waals surface area contributed by atoms with Crippen LogP contribution < -0.4 is 0 Å². The second-order valence-corrected chi connectivity index (χ2v) is 2.96. The Bertz CT molecular complexity index is 107. The molecule has 0 fully saturated rings. The van der Waals surface area contributed by atoms with E-state index in [9.17, 15) is 13.2 Å². The Morgan fingerprint density at radius 1 is 1.33 bits per heavy atom. The number of hydrogen-bond acceptors (Lipinski definition) is 1. The predicted octanol–water partition coefficient (Wildman–Crippen LogP) is 2.74. The van der Waals surface area contributed by atoms with Gasteiger partial charge in [0.25, 0.3) is 0 Å². The first-order chi connectivity index (χ1) is 5.49. The number of alkyl halides is 3. The van der Waals surface area contributed by atoms with E-state index in [4.69, 9.17) is 5.11 Å². The van der Waals surface area contributed by atoms with E-state index >= 15 is 0 Å². The SMILES string of the molecule is CCC(CO)CCCC(F)(F)F. The molecular weight excluding hydrogens is 169 g/mol. The monoisotopic (exact) mass is 184 g/mol. The maximum atomic E-state index is 11.7. The lowest BCUT2D eigenvalue weighted by Gasteiger charge is -2.11. The van der Waals surface area contributed by atoms with Gasteiger partial charge in [-0.05, 0) is 18.8 Å². The van der Waals surface area contributed by atoms with Gasteiger partial charge in [-0.15, -0.1) is 0 Å². The van der Waals surface area contributed by atoms with Crippen LogP contribution in [0.5, 0.6) is 0 Å². The third kappa shape index (κ3) is 6.46. The molecule has 1 atom stereocenters. The van der Waals surface area contributed by atoms with Crippen LogP contribution in [0.1, 0.15) is 32.6 Å². The Hall–Kier alpha value is -0.250. The van der Waals surface area contributed by atoms with E-state index in [-0.39, 0.29) is 18.9 Å². The van der Waals surface area contributed by atoms with Crippen molar-refractivity contribution in [2.24, 2.45) is 5.92 Å². The molecule has 0 aromatic heterocycles. The number of halogens is 3. The third-order valence-corrected chi connectivity index (χ3v) is 1.91. The summed E-state index contributed by atoms with van der Waals surface area (Å²) in [6.45, 7) is 1.86. The fraction of sp³-hybridized carbons (Fsp3) is 1.00. The van der Waals surface area contributed by atoms with Crippen LogP contribution in [0.25, 0.3) is 0 Å². The van der Waals surface area contributed by atoms with E-state index in [2.05, 4.69) is 0 Å². The van der Waals surface area contributed by atoms with Gasteiger partial charge in [0.1, 0.15) is 0 Å². The third-order valence-electron chi connectivity index (χ3n) is 1.91. The predicted molar refractivity (Wildman–Crippen MR) is 40.8 cm³/mol. The molecule has 0 saturated heterocycles. The number of rotatable bonds is 5. The van der Waals surface area contributed by atoms with Crippen molar-refractivity contribution in [1.29, 1.82) is 0 Å². The van der Waals surface area contributed by atoms with Crippen molar-refractivity contribution in [2.75, 3.05) is 6.61 Å². The van der Waals surface area contributed by atoms with Gasteiger partial charge in [0, 0.05) is 13.0 Å². The highest BCUT2D eigenvalue weighted by Crippen LogP contribution is 2.24. The van der Waals surface area contributed by atoms with Gasteiger partial charge in [-0.1, -0.05) is 13.3 Å². The first-order valence-electron chi connectivity index (χ1n) is 4.17. The van der Waals surface area contributed by atoms with Crippen molar-refractivity contribution in [3.8, 4) is 0 Å². The molecule has 0 amide bonds. The molecular formula is C8H15F3O. The van der Waals surface area contributed by atoms with E-state index < -0.39 is 12.6 Å². The summed E-state index contributed by atoms with van der Waals surface area (Å²) in [7, 11) is 0. The van der Waals surface area contributed by atoms with Gasteiger partial charge in [0.05, 0.1) is 0 Å². The molecule has 0 aliphatic heterocycles. The van der Waals surface area contributed by atoms with Crippen LogP contribution in [0.4, 0.5) is 13.2 Å². The molecule has 1 nitrogen and oxygen atoms in total. The normalized spacial score (nSPS) is 14.8. The van der Waals surface area contributed by atoms with Crippen molar-refractivity contribution < 1.29 is 18.3 Å². The minimum Gasteiger partial charge on any atom is -0.396 e. The molecule has 0 bridgehead atoms. The minimum atomic E-state index is -4.05. The van der Waals surface area contributed by atoms with Gasteiger partial charge in [-0.25, -0.2) is 0 Å². The average molecular weight is 184 g/mol. The van der Waals surface area contributed by atoms with Crippen LogP contribution >= 0.6 is 0 Å². The lowest BCUT2D eigenvalue weighted by molar-refractivity contribution is -0.136. The maximum absolute atomic E-state index is 11.7. The second kappa shape index (κ2) is 5.41. The molecule has 0 rings (SSSR count). The van der Waals surface area contributed by atoms with Crippen LogP contribution in [0.3, 0.4) is 0 Å². The van der Waals surface area contributed by atoms with E-state index in [0.29, 0.717) is 6.42 Å². The highest BCUT2D eigenvalue weighted by atomic mass is 19.4. The summed E-state index contributed by atoms with van der Waals surface area (Å²) in [5.41, 5.74) is 0. The minimum absolute atomic E-state index is 0.00560. The van der Waals surface area contributed by atoms with Gasteiger partial charge in [0.2, 0.25) is 0 Å². The zero-order valence-electron chi connectivity index (χ0n) is 7.19. The lowest BCUT2D eigenvalue weighted by atomic mass is 10.0. The van der Waals surface area contributed by atoms with Crippen molar-refractivity contribution in [1.82, 2.24) is 0 Å². The fourth-order valence-electron chi connectivity index (χ4n) is 1.02. The van der Waals surface area contributed by atoms with E-state index in [1.165, 1.54) is 0 Å². The highest BCUT2D eigenvalue weighted by Gasteiger charge is 2.26. The van der Waals surface area contributed by atoms with Crippen molar-refractivity contribution in [3.63, 3.8) is 0 Å². The molecule has 1 unspecified atom stereocenters. The molecule has 0 aliphatic carbocycles. The second-order valence-electron chi connectivity index (χ2n) is 2.96. The van der Waals surface area contributed by atoms with Gasteiger partial charge in [-0.2, -0.15) is 13.2 Å². The smallest absolute Gasteiger partial charge is 0.389 e. The quantitative estimate of drug-likeness (QED) is 0.696. The van der Waals surface area contributed by atoms with Crippen LogP contribution in [0.2, 0.25) is 0 Å². The summed E-state index contributed by atoms with van der Waals surface area (Å²) < 4.78 is 35.0. The van der Waals surface area contributed by atoms with Gasteiger partial charge < -0.3 is 5.11 Å². The topological polar surface area (TPSA) is 20.2 Å². The van der Waals surface area contributed by atoms with Crippen LogP contribution in [-0.4, -0.2) is 17.9 Å². The molecule has 12 heavy (non-hydrogen) atoms. The summed E-state index contributed by atoms with van der Waals surface area (Å²) in [5, 5.41) is 8.67. The fourth-order valence-corrected chi connectivity index (χ4v) is 1.02. The molecule has 0 heterocycles. The molecule has 0 aromatic carbocycles. The van der Waals surface area contributed by atoms with Crippen molar-refractivity contribution in [3.05, 3.63) is 0 Å². The summed E-state index contributed by atoms with van der Waals surface area (Å²) in [6.07, 6.45) is -3.44. The van der Waals surface area contributed by atoms with Crippen molar-refractivity contribution >= 4 is 0 Å². The maximum Gasteiger partial charge on any atom is 0.389 e. The zero-order valence-corrected chi connectivity index (χ0v) is 7.19. The van der Waals surface area contributed by atoms with Gasteiger partial charge in [-0.3, -0.25) is 0 Å². The molecule has 74 valence electrons. The van der Waals surface area contributed by atoms with Crippen LogP contribution in [0.15, 0.2) is 0 Å². The first kappa shape index (κ1) is 11.8. The summed E-state index contributed by atoms with van der Waals surface area (Å²) >= 11 is 0. The first-order valence-corrected chi connectivity index (χ1v) is 4.17. The van der Waals surface area contributed by atoms with Gasteiger partial charge >= 0.3 is 6.18 Å². The molecule has 0 aliphatic rings. The van der Waals surface area contributed by atoms with Gasteiger partial charge in [0.15, 0.2) is 0 Å². The summed E-state index contributed by atoms with van der Waals surface area (Å²) in [4.78, 5) is 0. The number of aliphatic hydroxyl groups excluding tert-OH is 1.